The highest BCUT2D eigenvalue weighted by atomic mass is 32.1. The standard InChI is InChI=1S/C10H9NO2S2/c1-2-7-8(10(12)13)15-9(11-7)6-3-4-14-5-6/h3-5H,2H2,1H3,(H,12,13). The number of nitrogens with zero attached hydrogens (tertiary/aromatic N) is 1. The van der Waals surface area contributed by atoms with Gasteiger partial charge in [-0.25, -0.2) is 9.78 Å². The fourth-order valence-electron chi connectivity index (χ4n) is 1.27. The molecule has 1 N–H and O–H groups in total. The fourth-order valence-corrected chi connectivity index (χ4v) is 2.97. The highest BCUT2D eigenvalue weighted by Crippen LogP contribution is 2.29. The van der Waals surface area contributed by atoms with Gasteiger partial charge in [-0.15, -0.1) is 11.3 Å². The van der Waals surface area contributed by atoms with E-state index in [1.165, 1.54) is 11.3 Å². The molecule has 78 valence electrons. The van der Waals surface area contributed by atoms with Gasteiger partial charge in [-0.3, -0.25) is 0 Å². The molecule has 0 spiro atoms. The van der Waals surface area contributed by atoms with Gasteiger partial charge in [0.1, 0.15) is 9.88 Å². The van der Waals surface area contributed by atoms with Gasteiger partial charge in [0.25, 0.3) is 0 Å². The average Bonchev–Trinajstić information content (AvgIpc) is 2.86. The van der Waals surface area contributed by atoms with Gasteiger partial charge in [-0.1, -0.05) is 6.92 Å². The van der Waals surface area contributed by atoms with Crippen LogP contribution < -0.4 is 0 Å². The molecule has 0 aliphatic heterocycles. The molecular formula is C10H9NO2S2. The number of carbonyl (C=O) groups is 1. The number of aromatic carboxylic acids is 1. The van der Waals surface area contributed by atoms with Crippen LogP contribution in [0.2, 0.25) is 0 Å². The summed E-state index contributed by atoms with van der Waals surface area (Å²) in [5, 5.41) is 13.7. The van der Waals surface area contributed by atoms with Crippen LogP contribution in [0, 0.1) is 0 Å². The first kappa shape index (κ1) is 10.3. The molecule has 2 aromatic heterocycles. The Balaban J connectivity index is 2.48. The Morgan fingerprint density at radius 2 is 2.40 bits per heavy atom. The van der Waals surface area contributed by atoms with E-state index in [0.29, 0.717) is 17.0 Å². The second kappa shape index (κ2) is 4.12. The molecule has 2 heterocycles. The Morgan fingerprint density at radius 1 is 1.60 bits per heavy atom. The van der Waals surface area contributed by atoms with Crippen molar-refractivity contribution in [2.24, 2.45) is 0 Å². The number of thiophene rings is 1. The van der Waals surface area contributed by atoms with E-state index in [-0.39, 0.29) is 0 Å². The molecule has 0 atom stereocenters. The zero-order valence-electron chi connectivity index (χ0n) is 8.06. The van der Waals surface area contributed by atoms with Gasteiger partial charge in [0.15, 0.2) is 0 Å². The summed E-state index contributed by atoms with van der Waals surface area (Å²) in [7, 11) is 0. The lowest BCUT2D eigenvalue weighted by atomic mass is 10.3. The van der Waals surface area contributed by atoms with Gasteiger partial charge in [-0.2, -0.15) is 11.3 Å². The van der Waals surface area contributed by atoms with E-state index in [1.807, 2.05) is 23.8 Å². The minimum atomic E-state index is -0.883. The smallest absolute Gasteiger partial charge is 0.347 e. The minimum Gasteiger partial charge on any atom is -0.477 e. The van der Waals surface area contributed by atoms with E-state index >= 15 is 0 Å². The van der Waals surface area contributed by atoms with Gasteiger partial charge in [0.05, 0.1) is 5.69 Å². The Labute approximate surface area is 95.0 Å². The molecular weight excluding hydrogens is 230 g/mol. The summed E-state index contributed by atoms with van der Waals surface area (Å²) in [4.78, 5) is 15.6. The van der Waals surface area contributed by atoms with Crippen molar-refractivity contribution in [2.75, 3.05) is 0 Å². The number of rotatable bonds is 3. The second-order valence-corrected chi connectivity index (χ2v) is 4.74. The van der Waals surface area contributed by atoms with Crippen LogP contribution in [-0.2, 0) is 6.42 Å². The van der Waals surface area contributed by atoms with E-state index in [0.717, 1.165) is 10.6 Å². The van der Waals surface area contributed by atoms with Gasteiger partial charge >= 0.3 is 5.97 Å². The molecule has 0 aliphatic carbocycles. The van der Waals surface area contributed by atoms with Crippen molar-refractivity contribution in [2.45, 2.75) is 13.3 Å². The van der Waals surface area contributed by atoms with Crippen LogP contribution in [0.5, 0.6) is 0 Å². The molecule has 0 bridgehead atoms. The topological polar surface area (TPSA) is 50.2 Å². The predicted octanol–water partition coefficient (Wildman–Crippen LogP) is 3.13. The number of aromatic nitrogens is 1. The molecule has 0 radical (unpaired) electrons. The van der Waals surface area contributed by atoms with Crippen molar-refractivity contribution < 1.29 is 9.90 Å². The fraction of sp³-hybridized carbons (Fsp3) is 0.200. The SMILES string of the molecule is CCc1nc(-c2ccsc2)sc1C(=O)O. The minimum absolute atomic E-state index is 0.360. The van der Waals surface area contributed by atoms with Gasteiger partial charge < -0.3 is 5.11 Å². The Morgan fingerprint density at radius 3 is 2.87 bits per heavy atom. The van der Waals surface area contributed by atoms with Crippen LogP contribution in [0.3, 0.4) is 0 Å². The van der Waals surface area contributed by atoms with Crippen LogP contribution in [0.15, 0.2) is 16.8 Å². The Kier molecular flexibility index (Phi) is 2.83. The maximum Gasteiger partial charge on any atom is 0.347 e. The van der Waals surface area contributed by atoms with Crippen LogP contribution in [0.4, 0.5) is 0 Å². The van der Waals surface area contributed by atoms with Crippen molar-refractivity contribution >= 4 is 28.6 Å². The van der Waals surface area contributed by atoms with Gasteiger partial charge in [-0.05, 0) is 17.9 Å². The molecule has 0 amide bonds. The molecule has 2 aromatic rings. The second-order valence-electron chi connectivity index (χ2n) is 2.97. The van der Waals surface area contributed by atoms with E-state index in [4.69, 9.17) is 5.11 Å². The first-order valence-electron chi connectivity index (χ1n) is 4.48. The molecule has 3 nitrogen and oxygen atoms in total. The Bertz CT molecular complexity index is 474. The molecule has 0 fully saturated rings. The molecule has 0 saturated heterocycles. The van der Waals surface area contributed by atoms with E-state index < -0.39 is 5.97 Å². The van der Waals surface area contributed by atoms with E-state index in [1.54, 1.807) is 11.3 Å². The third-order valence-corrected chi connectivity index (χ3v) is 3.81. The number of carboxylic acids is 1. The summed E-state index contributed by atoms with van der Waals surface area (Å²) in [6.07, 6.45) is 0.655. The first-order chi connectivity index (χ1) is 7.22. The quantitative estimate of drug-likeness (QED) is 0.895. The van der Waals surface area contributed by atoms with Crippen molar-refractivity contribution in [3.63, 3.8) is 0 Å². The molecule has 15 heavy (non-hydrogen) atoms. The summed E-state index contributed by atoms with van der Waals surface area (Å²) in [6.45, 7) is 1.92. The molecule has 0 saturated carbocycles. The molecule has 0 unspecified atom stereocenters. The molecule has 2 rings (SSSR count). The lowest BCUT2D eigenvalue weighted by molar-refractivity contribution is 0.0701. The van der Waals surface area contributed by atoms with Crippen molar-refractivity contribution in [1.82, 2.24) is 4.98 Å². The highest BCUT2D eigenvalue weighted by molar-refractivity contribution is 7.17. The van der Waals surface area contributed by atoms with Crippen LogP contribution in [0.25, 0.3) is 10.6 Å². The number of thiazole rings is 1. The van der Waals surface area contributed by atoms with Crippen LogP contribution >= 0.6 is 22.7 Å². The van der Waals surface area contributed by atoms with Crippen molar-refractivity contribution in [3.8, 4) is 10.6 Å². The van der Waals surface area contributed by atoms with Gasteiger partial charge in [0, 0.05) is 10.9 Å². The first-order valence-corrected chi connectivity index (χ1v) is 6.24. The normalized spacial score (nSPS) is 10.5. The summed E-state index contributed by atoms with van der Waals surface area (Å²) < 4.78 is 0. The summed E-state index contributed by atoms with van der Waals surface area (Å²) in [6, 6.07) is 1.95. The largest absolute Gasteiger partial charge is 0.477 e. The number of carboxylic acid groups (broad SMARTS) is 1. The summed E-state index contributed by atoms with van der Waals surface area (Å²) >= 11 is 2.83. The van der Waals surface area contributed by atoms with E-state index in [2.05, 4.69) is 4.98 Å². The highest BCUT2D eigenvalue weighted by Gasteiger charge is 2.16. The van der Waals surface area contributed by atoms with Crippen LogP contribution in [-0.4, -0.2) is 16.1 Å². The molecule has 5 heteroatoms. The Hall–Kier alpha value is -1.20. The zero-order valence-corrected chi connectivity index (χ0v) is 9.69. The maximum atomic E-state index is 10.9. The average molecular weight is 239 g/mol. The lowest BCUT2D eigenvalue weighted by Crippen LogP contribution is -1.97. The predicted molar refractivity (Wildman–Crippen MR) is 61.8 cm³/mol. The van der Waals surface area contributed by atoms with Crippen molar-refractivity contribution in [1.29, 1.82) is 0 Å². The van der Waals surface area contributed by atoms with Crippen LogP contribution in [0.1, 0.15) is 22.3 Å². The monoisotopic (exact) mass is 239 g/mol. The summed E-state index contributed by atoms with van der Waals surface area (Å²) in [5.41, 5.74) is 1.68. The number of aryl methyl sites for hydroxylation is 1. The zero-order chi connectivity index (χ0) is 10.8. The molecule has 0 aromatic carbocycles. The maximum absolute atomic E-state index is 10.9. The number of hydrogen-bond acceptors (Lipinski definition) is 4. The third-order valence-electron chi connectivity index (χ3n) is 1.99. The van der Waals surface area contributed by atoms with Gasteiger partial charge in [0.2, 0.25) is 0 Å². The molecule has 0 aliphatic rings. The number of hydrogen-bond donors (Lipinski definition) is 1. The van der Waals surface area contributed by atoms with Crippen molar-refractivity contribution in [3.05, 3.63) is 27.4 Å². The van der Waals surface area contributed by atoms with E-state index in [9.17, 15) is 4.79 Å². The summed E-state index contributed by atoms with van der Waals surface area (Å²) in [5.74, 6) is -0.883. The lowest BCUT2D eigenvalue weighted by Gasteiger charge is -1.89. The third kappa shape index (κ3) is 1.93.